The van der Waals surface area contributed by atoms with Crippen LogP contribution in [0.4, 0.5) is 11.5 Å². The van der Waals surface area contributed by atoms with E-state index in [2.05, 4.69) is 20.5 Å². The van der Waals surface area contributed by atoms with Crippen LogP contribution in [0.5, 0.6) is 0 Å². The average molecular weight is 382 g/mol. The van der Waals surface area contributed by atoms with Crippen molar-refractivity contribution in [1.29, 1.82) is 0 Å². The Morgan fingerprint density at radius 1 is 1.11 bits per heavy atom. The lowest BCUT2D eigenvalue weighted by Gasteiger charge is -2.17. The minimum Gasteiger partial charge on any atom is -0.358 e. The number of aryl methyl sites for hydroxylation is 1. The van der Waals surface area contributed by atoms with Crippen molar-refractivity contribution in [2.45, 2.75) is 13.3 Å². The molecule has 0 aliphatic carbocycles. The molecule has 1 N–H and O–H groups in total. The van der Waals surface area contributed by atoms with Gasteiger partial charge in [-0.15, -0.1) is 10.2 Å². The SMILES string of the molecule is Cc1ccc(NC(=O)c2ccc(N(C)CCc3ccncc3)nn2)cc1Cl. The van der Waals surface area contributed by atoms with E-state index < -0.39 is 0 Å². The summed E-state index contributed by atoms with van der Waals surface area (Å²) >= 11 is 6.08. The number of benzene rings is 1. The van der Waals surface area contributed by atoms with Gasteiger partial charge in [0.25, 0.3) is 5.91 Å². The summed E-state index contributed by atoms with van der Waals surface area (Å²) < 4.78 is 0. The monoisotopic (exact) mass is 381 g/mol. The minimum atomic E-state index is -0.326. The van der Waals surface area contributed by atoms with Crippen LogP contribution in [0.25, 0.3) is 0 Å². The highest BCUT2D eigenvalue weighted by atomic mass is 35.5. The topological polar surface area (TPSA) is 71.0 Å². The number of nitrogens with zero attached hydrogens (tertiary/aromatic N) is 4. The standard InChI is InChI=1S/C20H20ClN5O/c1-14-3-4-16(13-17(14)21)23-20(27)18-5-6-19(25-24-18)26(2)12-9-15-7-10-22-11-8-15/h3-8,10-11,13H,9,12H2,1-2H3,(H,23,27). The number of anilines is 2. The minimum absolute atomic E-state index is 0.248. The maximum atomic E-state index is 12.3. The lowest BCUT2D eigenvalue weighted by molar-refractivity contribution is 0.102. The first-order chi connectivity index (χ1) is 13.0. The summed E-state index contributed by atoms with van der Waals surface area (Å²) in [5, 5.41) is 11.6. The molecule has 0 aliphatic heterocycles. The number of pyridine rings is 1. The van der Waals surface area contributed by atoms with Gasteiger partial charge in [-0.2, -0.15) is 0 Å². The number of amides is 1. The molecule has 6 nitrogen and oxygen atoms in total. The van der Waals surface area contributed by atoms with Crippen LogP contribution in [0.1, 0.15) is 21.6 Å². The van der Waals surface area contributed by atoms with Crippen molar-refractivity contribution in [3.05, 3.63) is 76.7 Å². The van der Waals surface area contributed by atoms with Crippen LogP contribution in [0.15, 0.2) is 54.9 Å². The smallest absolute Gasteiger partial charge is 0.276 e. The molecule has 138 valence electrons. The van der Waals surface area contributed by atoms with Crippen molar-refractivity contribution in [1.82, 2.24) is 15.2 Å². The van der Waals surface area contributed by atoms with Crippen molar-refractivity contribution in [3.63, 3.8) is 0 Å². The maximum Gasteiger partial charge on any atom is 0.276 e. The number of hydrogen-bond acceptors (Lipinski definition) is 5. The van der Waals surface area contributed by atoms with Crippen LogP contribution in [-0.2, 0) is 6.42 Å². The van der Waals surface area contributed by atoms with Crippen molar-refractivity contribution < 1.29 is 4.79 Å². The zero-order valence-corrected chi connectivity index (χ0v) is 15.9. The van der Waals surface area contributed by atoms with Gasteiger partial charge in [-0.3, -0.25) is 9.78 Å². The molecule has 0 saturated heterocycles. The molecule has 0 fully saturated rings. The summed E-state index contributed by atoms with van der Waals surface area (Å²) in [6.07, 6.45) is 4.44. The maximum absolute atomic E-state index is 12.3. The fourth-order valence-corrected chi connectivity index (χ4v) is 2.66. The first-order valence-corrected chi connectivity index (χ1v) is 8.92. The number of carbonyl (C=O) groups is 1. The van der Waals surface area contributed by atoms with Gasteiger partial charge in [-0.1, -0.05) is 17.7 Å². The lowest BCUT2D eigenvalue weighted by Crippen LogP contribution is -2.22. The third-order valence-corrected chi connectivity index (χ3v) is 4.60. The summed E-state index contributed by atoms with van der Waals surface area (Å²) in [5.41, 5.74) is 3.03. The van der Waals surface area contributed by atoms with Gasteiger partial charge in [0, 0.05) is 36.7 Å². The Morgan fingerprint density at radius 3 is 2.56 bits per heavy atom. The highest BCUT2D eigenvalue weighted by Crippen LogP contribution is 2.20. The molecule has 0 saturated carbocycles. The van der Waals surface area contributed by atoms with Crippen LogP contribution in [0.2, 0.25) is 5.02 Å². The van der Waals surface area contributed by atoms with Gasteiger partial charge in [0.1, 0.15) is 0 Å². The van der Waals surface area contributed by atoms with E-state index in [1.54, 1.807) is 36.7 Å². The molecule has 7 heteroatoms. The second kappa shape index (κ2) is 8.60. The van der Waals surface area contributed by atoms with Gasteiger partial charge in [-0.05, 0) is 60.9 Å². The van der Waals surface area contributed by atoms with Gasteiger partial charge in [0.05, 0.1) is 0 Å². The fraction of sp³-hybridized carbons (Fsp3) is 0.200. The second-order valence-electron chi connectivity index (χ2n) is 6.22. The predicted molar refractivity (Wildman–Crippen MR) is 107 cm³/mol. The Bertz CT molecular complexity index is 915. The van der Waals surface area contributed by atoms with Gasteiger partial charge in [0.2, 0.25) is 0 Å². The van der Waals surface area contributed by atoms with E-state index in [0.717, 1.165) is 18.5 Å². The Morgan fingerprint density at radius 2 is 1.89 bits per heavy atom. The third-order valence-electron chi connectivity index (χ3n) is 4.19. The number of aromatic nitrogens is 3. The first-order valence-electron chi connectivity index (χ1n) is 8.54. The van der Waals surface area contributed by atoms with Gasteiger partial charge in [0.15, 0.2) is 11.5 Å². The summed E-state index contributed by atoms with van der Waals surface area (Å²) in [7, 11) is 1.94. The van der Waals surface area contributed by atoms with Crippen molar-refractivity contribution in [3.8, 4) is 0 Å². The van der Waals surface area contributed by atoms with Crippen LogP contribution < -0.4 is 10.2 Å². The molecule has 3 rings (SSSR count). The third kappa shape index (κ3) is 5.01. The zero-order chi connectivity index (χ0) is 19.2. The van der Waals surface area contributed by atoms with E-state index in [1.165, 1.54) is 5.56 Å². The molecule has 0 aliphatic rings. The van der Waals surface area contributed by atoms with Crippen molar-refractivity contribution in [2.75, 3.05) is 23.8 Å². The molecule has 27 heavy (non-hydrogen) atoms. The molecular formula is C20H20ClN5O. The lowest BCUT2D eigenvalue weighted by atomic mass is 10.2. The normalized spacial score (nSPS) is 10.5. The largest absolute Gasteiger partial charge is 0.358 e. The average Bonchev–Trinajstić information content (AvgIpc) is 2.70. The fourth-order valence-electron chi connectivity index (χ4n) is 2.48. The summed E-state index contributed by atoms with van der Waals surface area (Å²) in [5.74, 6) is 0.382. The number of nitrogens with one attached hydrogen (secondary N) is 1. The molecule has 2 aromatic heterocycles. The zero-order valence-electron chi connectivity index (χ0n) is 15.2. The van der Waals surface area contributed by atoms with Crippen LogP contribution in [-0.4, -0.2) is 34.7 Å². The predicted octanol–water partition coefficient (Wildman–Crippen LogP) is 3.76. The van der Waals surface area contributed by atoms with E-state index in [-0.39, 0.29) is 11.6 Å². The van der Waals surface area contributed by atoms with Gasteiger partial charge >= 0.3 is 0 Å². The van der Waals surface area contributed by atoms with Gasteiger partial charge in [-0.25, -0.2) is 0 Å². The first kappa shape index (κ1) is 18.8. The van der Waals surface area contributed by atoms with Crippen LogP contribution >= 0.6 is 11.6 Å². The summed E-state index contributed by atoms with van der Waals surface area (Å²) in [4.78, 5) is 18.3. The quantitative estimate of drug-likeness (QED) is 0.703. The van der Waals surface area contributed by atoms with Crippen LogP contribution in [0.3, 0.4) is 0 Å². The highest BCUT2D eigenvalue weighted by Gasteiger charge is 2.11. The molecule has 1 aromatic carbocycles. The Balaban J connectivity index is 1.60. The second-order valence-corrected chi connectivity index (χ2v) is 6.63. The molecule has 0 bridgehead atoms. The summed E-state index contributed by atoms with van der Waals surface area (Å²) in [6, 6.07) is 12.8. The van der Waals surface area contributed by atoms with Gasteiger partial charge < -0.3 is 10.2 Å². The van der Waals surface area contributed by atoms with E-state index in [0.29, 0.717) is 16.5 Å². The molecule has 2 heterocycles. The van der Waals surface area contributed by atoms with Crippen molar-refractivity contribution >= 4 is 29.0 Å². The molecule has 0 radical (unpaired) electrons. The van der Waals surface area contributed by atoms with Crippen LogP contribution in [0, 0.1) is 6.92 Å². The van der Waals surface area contributed by atoms with E-state index in [4.69, 9.17) is 11.6 Å². The number of carbonyl (C=O) groups excluding carboxylic acids is 1. The highest BCUT2D eigenvalue weighted by molar-refractivity contribution is 6.31. The molecule has 0 spiro atoms. The molecule has 0 unspecified atom stereocenters. The molecule has 1 amide bonds. The Labute approximate surface area is 163 Å². The number of rotatable bonds is 6. The van der Waals surface area contributed by atoms with E-state index in [9.17, 15) is 4.79 Å². The molecular weight excluding hydrogens is 362 g/mol. The van der Waals surface area contributed by atoms with E-state index >= 15 is 0 Å². The number of halogens is 1. The number of hydrogen-bond donors (Lipinski definition) is 1. The Kier molecular flexibility index (Phi) is 5.98. The van der Waals surface area contributed by atoms with E-state index in [1.807, 2.05) is 37.1 Å². The Hall–Kier alpha value is -2.99. The molecule has 3 aromatic rings. The summed E-state index contributed by atoms with van der Waals surface area (Å²) in [6.45, 7) is 2.69. The molecule has 0 atom stereocenters. The number of likely N-dealkylation sites (N-methyl/N-ethyl adjacent to an activating group) is 1. The van der Waals surface area contributed by atoms with Crippen molar-refractivity contribution in [2.24, 2.45) is 0 Å².